The quantitative estimate of drug-likeness (QED) is 0.342. The summed E-state index contributed by atoms with van der Waals surface area (Å²) in [4.78, 5) is 19.5. The van der Waals surface area contributed by atoms with Crippen LogP contribution in [0, 0.1) is 0 Å². The van der Waals surface area contributed by atoms with E-state index in [4.69, 9.17) is 0 Å². The Morgan fingerprint density at radius 3 is 1.25 bits per heavy atom. The van der Waals surface area contributed by atoms with Crippen LogP contribution in [0.5, 0.6) is 0 Å². The van der Waals surface area contributed by atoms with E-state index in [0.29, 0.717) is 12.8 Å². The molecule has 6 heteroatoms. The largest absolute Gasteiger partial charge is 1.00 e. The summed E-state index contributed by atoms with van der Waals surface area (Å²) in [7, 11) is 0. The fourth-order valence-electron chi connectivity index (χ4n) is 0.539. The van der Waals surface area contributed by atoms with E-state index in [-0.39, 0.29) is 116 Å². The van der Waals surface area contributed by atoms with Crippen LogP contribution in [0.1, 0.15) is 25.7 Å². The molecule has 0 aliphatic heterocycles. The zero-order chi connectivity index (χ0) is 7.98. The van der Waals surface area contributed by atoms with Crippen molar-refractivity contribution in [2.75, 3.05) is 0 Å². The summed E-state index contributed by atoms with van der Waals surface area (Å²) in [5.74, 6) is -2.28. The van der Waals surface area contributed by atoms with E-state index >= 15 is 0 Å². The van der Waals surface area contributed by atoms with Gasteiger partial charge in [0, 0.05) is 11.9 Å². The number of rotatable bonds is 5. The van der Waals surface area contributed by atoms with E-state index in [0.717, 1.165) is 0 Å². The third kappa shape index (κ3) is 18.1. The van der Waals surface area contributed by atoms with Crippen molar-refractivity contribution in [3.63, 3.8) is 0 Å². The van der Waals surface area contributed by atoms with Crippen molar-refractivity contribution in [3.8, 4) is 0 Å². The van der Waals surface area contributed by atoms with Crippen LogP contribution in [-0.4, -0.2) is 11.9 Å². The Morgan fingerprint density at radius 2 is 1.08 bits per heavy atom. The van der Waals surface area contributed by atoms with Crippen LogP contribution in [0.4, 0.5) is 0 Å². The van der Waals surface area contributed by atoms with Gasteiger partial charge in [-0.3, -0.25) is 0 Å². The Kier molecular flexibility index (Phi) is 21.7. The Morgan fingerprint density at radius 1 is 0.833 bits per heavy atom. The van der Waals surface area contributed by atoms with Gasteiger partial charge in [0.25, 0.3) is 0 Å². The molecule has 0 aromatic rings. The first kappa shape index (κ1) is 19.7. The van der Waals surface area contributed by atoms with Crippen LogP contribution < -0.4 is 113 Å². The SMILES string of the molecule is O=C([O-])CCCCC(=O)[O-].[K+].[K+]. The summed E-state index contributed by atoms with van der Waals surface area (Å²) < 4.78 is 0. The molecule has 0 amide bonds. The first-order valence-electron chi connectivity index (χ1n) is 3.02. The minimum atomic E-state index is -1.14. The van der Waals surface area contributed by atoms with E-state index in [1.807, 2.05) is 0 Å². The van der Waals surface area contributed by atoms with E-state index in [1.54, 1.807) is 0 Å². The van der Waals surface area contributed by atoms with Crippen molar-refractivity contribution in [2.45, 2.75) is 25.7 Å². The van der Waals surface area contributed by atoms with Crippen molar-refractivity contribution >= 4 is 11.9 Å². The molecule has 0 aromatic heterocycles. The zero-order valence-corrected chi connectivity index (χ0v) is 13.7. The van der Waals surface area contributed by atoms with Crippen LogP contribution in [0.2, 0.25) is 0 Å². The van der Waals surface area contributed by atoms with E-state index in [9.17, 15) is 19.8 Å². The van der Waals surface area contributed by atoms with Gasteiger partial charge in [-0.05, 0) is 25.7 Å². The number of carboxylic acid groups (broad SMARTS) is 2. The van der Waals surface area contributed by atoms with Crippen molar-refractivity contribution in [2.24, 2.45) is 0 Å². The third-order valence-corrected chi connectivity index (χ3v) is 1.01. The number of hydrogen-bond donors (Lipinski definition) is 0. The fraction of sp³-hybridized carbons (Fsp3) is 0.667. The van der Waals surface area contributed by atoms with Crippen LogP contribution in [-0.2, 0) is 9.59 Å². The Labute approximate surface area is 156 Å². The number of carbonyl (C=O) groups is 2. The molecule has 0 aromatic carbocycles. The number of unbranched alkanes of at least 4 members (excludes halogenated alkanes) is 1. The van der Waals surface area contributed by atoms with Gasteiger partial charge in [0.05, 0.1) is 0 Å². The molecular formula is C6H8K2O4. The molecule has 0 aliphatic rings. The fourth-order valence-corrected chi connectivity index (χ4v) is 0.539. The molecule has 0 heterocycles. The molecule has 0 radical (unpaired) electrons. The summed E-state index contributed by atoms with van der Waals surface area (Å²) in [6.45, 7) is 0. The molecule has 0 N–H and O–H groups in total. The van der Waals surface area contributed by atoms with Crippen LogP contribution in [0.3, 0.4) is 0 Å². The maximum absolute atomic E-state index is 9.77. The first-order chi connectivity index (χ1) is 4.63. The molecule has 0 saturated carbocycles. The van der Waals surface area contributed by atoms with Crippen LogP contribution >= 0.6 is 0 Å². The van der Waals surface area contributed by atoms with E-state index in [2.05, 4.69) is 0 Å². The Balaban J connectivity index is -0.000000405. The first-order valence-corrected chi connectivity index (χ1v) is 3.02. The number of aliphatic carboxylic acids is 2. The van der Waals surface area contributed by atoms with Gasteiger partial charge in [-0.2, -0.15) is 0 Å². The summed E-state index contributed by atoms with van der Waals surface area (Å²) >= 11 is 0. The number of hydrogen-bond acceptors (Lipinski definition) is 4. The van der Waals surface area contributed by atoms with Gasteiger partial charge in [0.2, 0.25) is 0 Å². The normalized spacial score (nSPS) is 7.67. The molecule has 0 unspecified atom stereocenters. The molecule has 0 spiro atoms. The average Bonchev–Trinajstić information content (AvgIpc) is 1.79. The summed E-state index contributed by atoms with van der Waals surface area (Å²) in [5.41, 5.74) is 0. The molecule has 58 valence electrons. The van der Waals surface area contributed by atoms with Crippen molar-refractivity contribution < 1.29 is 123 Å². The van der Waals surface area contributed by atoms with E-state index in [1.165, 1.54) is 0 Å². The van der Waals surface area contributed by atoms with Gasteiger partial charge in [0.15, 0.2) is 0 Å². The summed E-state index contributed by atoms with van der Waals surface area (Å²) in [6.07, 6.45) is 0.535. The van der Waals surface area contributed by atoms with Crippen LogP contribution in [0.15, 0.2) is 0 Å². The predicted molar refractivity (Wildman–Crippen MR) is 28.5 cm³/mol. The molecular weight excluding hydrogens is 214 g/mol. The smallest absolute Gasteiger partial charge is 0.550 e. The van der Waals surface area contributed by atoms with Gasteiger partial charge < -0.3 is 19.8 Å². The Bertz CT molecular complexity index is 122. The van der Waals surface area contributed by atoms with Crippen LogP contribution in [0.25, 0.3) is 0 Å². The molecule has 0 rings (SSSR count). The molecule has 0 atom stereocenters. The van der Waals surface area contributed by atoms with Gasteiger partial charge in [-0.1, -0.05) is 0 Å². The van der Waals surface area contributed by atoms with Gasteiger partial charge >= 0.3 is 103 Å². The van der Waals surface area contributed by atoms with Crippen molar-refractivity contribution in [3.05, 3.63) is 0 Å². The topological polar surface area (TPSA) is 80.3 Å². The Hall–Kier alpha value is 2.21. The van der Waals surface area contributed by atoms with E-state index < -0.39 is 11.9 Å². The van der Waals surface area contributed by atoms with Gasteiger partial charge in [-0.15, -0.1) is 0 Å². The summed E-state index contributed by atoms with van der Waals surface area (Å²) in [6, 6.07) is 0. The molecule has 12 heavy (non-hydrogen) atoms. The monoisotopic (exact) mass is 222 g/mol. The minimum absolute atomic E-state index is 0. The molecule has 4 nitrogen and oxygen atoms in total. The zero-order valence-electron chi connectivity index (χ0n) is 7.46. The summed E-state index contributed by atoms with van der Waals surface area (Å²) in [5, 5.41) is 19.5. The average molecular weight is 222 g/mol. The maximum atomic E-state index is 9.77. The third-order valence-electron chi connectivity index (χ3n) is 1.01. The molecule has 0 saturated heterocycles. The second-order valence-electron chi connectivity index (χ2n) is 1.95. The number of carboxylic acids is 2. The van der Waals surface area contributed by atoms with Crippen molar-refractivity contribution in [1.82, 2.24) is 0 Å². The second kappa shape index (κ2) is 13.2. The standard InChI is InChI=1S/C6H10O4.2K/c7-5(8)3-1-2-4-6(9)10;;/h1-4H2,(H,7,8)(H,9,10);;/q;2*+1/p-2. The maximum Gasteiger partial charge on any atom is 1.00 e. The molecule has 0 bridgehead atoms. The number of carbonyl (C=O) groups excluding carboxylic acids is 2. The molecule has 0 aliphatic carbocycles. The second-order valence-corrected chi connectivity index (χ2v) is 1.95. The minimum Gasteiger partial charge on any atom is -0.550 e. The van der Waals surface area contributed by atoms with Gasteiger partial charge in [-0.25, -0.2) is 0 Å². The van der Waals surface area contributed by atoms with Crippen molar-refractivity contribution in [1.29, 1.82) is 0 Å². The molecule has 0 fully saturated rings. The predicted octanol–water partition coefficient (Wildman–Crippen LogP) is -7.95. The van der Waals surface area contributed by atoms with Gasteiger partial charge in [0.1, 0.15) is 0 Å².